The number of carbonyl (C=O) groups excluding carboxylic acids is 2. The molecule has 2 aromatic rings. The van der Waals surface area contributed by atoms with E-state index in [0.29, 0.717) is 63.6 Å². The summed E-state index contributed by atoms with van der Waals surface area (Å²) in [6.45, 7) is 6.33. The van der Waals surface area contributed by atoms with Crippen molar-refractivity contribution < 1.29 is 33.3 Å². The Bertz CT molecular complexity index is 1380. The molecular weight excluding hydrogens is 694 g/mol. The zero-order chi connectivity index (χ0) is 36.4. The summed E-state index contributed by atoms with van der Waals surface area (Å²) >= 11 is 6.81. The van der Waals surface area contributed by atoms with Crippen LogP contribution in [0.1, 0.15) is 32.6 Å². The van der Waals surface area contributed by atoms with Gasteiger partial charge in [0.05, 0.1) is 66.0 Å². The summed E-state index contributed by atoms with van der Waals surface area (Å²) in [6, 6.07) is -0.902. The topological polar surface area (TPSA) is 230 Å². The molecule has 0 aliphatic heterocycles. The van der Waals surface area contributed by atoms with Gasteiger partial charge in [-0.25, -0.2) is 4.98 Å². The van der Waals surface area contributed by atoms with Crippen LogP contribution in [0.4, 0.5) is 5.95 Å². The fourth-order valence-corrected chi connectivity index (χ4v) is 5.55. The van der Waals surface area contributed by atoms with Crippen LogP contribution in [0, 0.1) is 5.41 Å². The standard InChI is InChI=1S/C31H52ClN9O8S/c1-23(42)37-25(22-50-31-38-26-27(39-30(34)40-29(26)44)41(31)21-24(19-33)20-35-2)28(43)36-8-10-46-12-14-48-16-18-49-17-15-47-13-11-45-9-6-4-3-5-7-32/h19-20,25,33,35H,3-18,21-22H2,1-2H3,(H,36,43)(H,37,42)(H3,34,39,40,44)/b24-20+,33-19?/t25-/m0/s1. The lowest BCUT2D eigenvalue weighted by Crippen LogP contribution is -2.48. The van der Waals surface area contributed by atoms with E-state index in [0.717, 1.165) is 56.1 Å². The average molecular weight is 746 g/mol. The van der Waals surface area contributed by atoms with E-state index in [4.69, 9.17) is 46.4 Å². The average Bonchev–Trinajstić information content (AvgIpc) is 3.43. The number of unbranched alkanes of at least 4 members (excludes halogenated alkanes) is 3. The van der Waals surface area contributed by atoms with Crippen molar-refractivity contribution in [2.75, 3.05) is 97.0 Å². The predicted octanol–water partition coefficient (Wildman–Crippen LogP) is 1.05. The zero-order valence-corrected chi connectivity index (χ0v) is 30.5. The van der Waals surface area contributed by atoms with Crippen LogP contribution < -0.4 is 27.2 Å². The van der Waals surface area contributed by atoms with Crippen molar-refractivity contribution in [3.8, 4) is 0 Å². The number of alkyl halides is 1. The number of thioether (sulfide) groups is 1. The van der Waals surface area contributed by atoms with E-state index in [9.17, 15) is 14.4 Å². The summed E-state index contributed by atoms with van der Waals surface area (Å²) in [5.74, 6) is -0.0551. The number of hydrogen-bond donors (Lipinski definition) is 6. The molecule has 0 bridgehead atoms. The molecule has 50 heavy (non-hydrogen) atoms. The molecule has 282 valence electrons. The second-order valence-corrected chi connectivity index (χ2v) is 12.1. The molecule has 0 unspecified atom stereocenters. The molecule has 7 N–H and O–H groups in total. The molecule has 0 aliphatic rings. The molecular formula is C31H52ClN9O8S. The first-order valence-corrected chi connectivity index (χ1v) is 18.1. The SMILES string of the molecule is CN/C=C(\C=N)Cn1c(SC[C@H](NC(C)=O)C(=O)NCCOCCOCCOCCOCCOCCCCCCCl)nc2c(=O)[nH]c(N)nc21. The maximum Gasteiger partial charge on any atom is 0.280 e. The number of anilines is 1. The molecule has 0 saturated heterocycles. The van der Waals surface area contributed by atoms with Gasteiger partial charge in [0.15, 0.2) is 16.3 Å². The summed E-state index contributed by atoms with van der Waals surface area (Å²) in [5.41, 5.74) is 6.12. The number of nitrogens with zero attached hydrogens (tertiary/aromatic N) is 3. The van der Waals surface area contributed by atoms with Gasteiger partial charge in [-0.15, -0.1) is 11.6 Å². The Morgan fingerprint density at radius 3 is 2.14 bits per heavy atom. The molecule has 0 spiro atoms. The van der Waals surface area contributed by atoms with E-state index in [1.165, 1.54) is 6.92 Å². The first-order valence-electron chi connectivity index (χ1n) is 16.6. The Morgan fingerprint density at radius 2 is 1.56 bits per heavy atom. The van der Waals surface area contributed by atoms with Gasteiger partial charge in [0, 0.05) is 56.7 Å². The van der Waals surface area contributed by atoms with Gasteiger partial charge in [0.25, 0.3) is 5.56 Å². The highest BCUT2D eigenvalue weighted by molar-refractivity contribution is 7.99. The normalized spacial score (nSPS) is 12.3. The molecule has 0 radical (unpaired) electrons. The number of H-pyrrole nitrogens is 1. The van der Waals surface area contributed by atoms with E-state index in [-0.39, 0.29) is 48.5 Å². The molecule has 1 atom stereocenters. The minimum atomic E-state index is -0.902. The lowest BCUT2D eigenvalue weighted by atomic mass is 10.2. The van der Waals surface area contributed by atoms with E-state index >= 15 is 0 Å². The molecule has 0 fully saturated rings. The quantitative estimate of drug-likeness (QED) is 0.0285. The Balaban J connectivity index is 1.64. The molecule has 0 aromatic carbocycles. The van der Waals surface area contributed by atoms with Gasteiger partial charge in [0.2, 0.25) is 17.8 Å². The van der Waals surface area contributed by atoms with Crippen molar-refractivity contribution >= 4 is 58.5 Å². The Kier molecular flexibility index (Phi) is 22.8. The first-order chi connectivity index (χ1) is 24.3. The Morgan fingerprint density at radius 1 is 0.960 bits per heavy atom. The van der Waals surface area contributed by atoms with Crippen molar-refractivity contribution in [1.29, 1.82) is 5.41 Å². The summed E-state index contributed by atoms with van der Waals surface area (Å²) in [5, 5.41) is 16.4. The van der Waals surface area contributed by atoms with Gasteiger partial charge in [-0.05, 0) is 12.8 Å². The van der Waals surface area contributed by atoms with Crippen LogP contribution >= 0.6 is 23.4 Å². The highest BCUT2D eigenvalue weighted by Gasteiger charge is 2.23. The number of nitrogens with one attached hydrogen (secondary N) is 5. The lowest BCUT2D eigenvalue weighted by Gasteiger charge is -2.17. The maximum absolute atomic E-state index is 13.0. The second-order valence-electron chi connectivity index (χ2n) is 10.8. The monoisotopic (exact) mass is 745 g/mol. The second kappa shape index (κ2) is 26.5. The first kappa shape index (κ1) is 42.9. The molecule has 0 aliphatic carbocycles. The van der Waals surface area contributed by atoms with Crippen molar-refractivity contribution in [1.82, 2.24) is 35.5 Å². The molecule has 2 aromatic heterocycles. The van der Waals surface area contributed by atoms with Crippen LogP contribution in [-0.4, -0.2) is 135 Å². The number of hydrogen-bond acceptors (Lipinski definition) is 14. The summed E-state index contributed by atoms with van der Waals surface area (Å²) in [6.07, 6.45) is 7.17. The van der Waals surface area contributed by atoms with Crippen LogP contribution in [-0.2, 0) is 39.8 Å². The van der Waals surface area contributed by atoms with Crippen LogP contribution in [0.5, 0.6) is 0 Å². The molecule has 0 saturated carbocycles. The zero-order valence-electron chi connectivity index (χ0n) is 28.9. The fourth-order valence-electron chi connectivity index (χ4n) is 4.35. The number of amides is 2. The highest BCUT2D eigenvalue weighted by atomic mass is 35.5. The number of rotatable bonds is 30. The maximum atomic E-state index is 13.0. The van der Waals surface area contributed by atoms with Crippen molar-refractivity contribution in [2.24, 2.45) is 0 Å². The summed E-state index contributed by atoms with van der Waals surface area (Å²) in [4.78, 5) is 48.4. The van der Waals surface area contributed by atoms with Crippen molar-refractivity contribution in [3.05, 3.63) is 22.1 Å². The third-order valence-electron chi connectivity index (χ3n) is 6.72. The molecule has 19 heteroatoms. The van der Waals surface area contributed by atoms with E-state index < -0.39 is 17.5 Å². The highest BCUT2D eigenvalue weighted by Crippen LogP contribution is 2.23. The number of fused-ring (bicyclic) bond motifs is 1. The molecule has 17 nitrogen and oxygen atoms in total. The van der Waals surface area contributed by atoms with Crippen LogP contribution in [0.2, 0.25) is 0 Å². The largest absolute Gasteiger partial charge is 0.394 e. The number of imidazole rings is 1. The van der Waals surface area contributed by atoms with Crippen LogP contribution in [0.25, 0.3) is 11.2 Å². The minimum Gasteiger partial charge on any atom is -0.394 e. The van der Waals surface area contributed by atoms with Crippen LogP contribution in [0.3, 0.4) is 0 Å². The Labute approximate surface area is 301 Å². The van der Waals surface area contributed by atoms with Crippen molar-refractivity contribution in [2.45, 2.75) is 50.4 Å². The number of ether oxygens (including phenoxy) is 5. The smallest absolute Gasteiger partial charge is 0.280 e. The Hall–Kier alpha value is -3.26. The minimum absolute atomic E-state index is 0.0623. The summed E-state index contributed by atoms with van der Waals surface area (Å²) < 4.78 is 29.2. The number of nitrogen functional groups attached to an aromatic ring is 1. The predicted molar refractivity (Wildman–Crippen MR) is 193 cm³/mol. The number of aromatic amines is 1. The lowest BCUT2D eigenvalue weighted by molar-refractivity contribution is -0.127. The number of allylic oxidation sites excluding steroid dienone is 1. The van der Waals surface area contributed by atoms with E-state index in [2.05, 4.69) is 30.9 Å². The van der Waals surface area contributed by atoms with E-state index in [1.54, 1.807) is 17.8 Å². The van der Waals surface area contributed by atoms with E-state index in [1.807, 2.05) is 0 Å². The van der Waals surface area contributed by atoms with Gasteiger partial charge in [-0.2, -0.15) is 4.98 Å². The number of halogens is 1. The van der Waals surface area contributed by atoms with Gasteiger partial charge in [-0.3, -0.25) is 23.9 Å². The van der Waals surface area contributed by atoms with Crippen molar-refractivity contribution in [3.63, 3.8) is 0 Å². The molecule has 2 amide bonds. The fraction of sp³-hybridized carbons (Fsp3) is 0.677. The van der Waals surface area contributed by atoms with Gasteiger partial charge in [-0.1, -0.05) is 24.6 Å². The number of carbonyl (C=O) groups is 2. The van der Waals surface area contributed by atoms with Gasteiger partial charge in [0.1, 0.15) is 6.04 Å². The molecule has 2 heterocycles. The van der Waals surface area contributed by atoms with Crippen LogP contribution in [0.15, 0.2) is 21.7 Å². The van der Waals surface area contributed by atoms with Gasteiger partial charge >= 0.3 is 0 Å². The van der Waals surface area contributed by atoms with Gasteiger partial charge < -0.3 is 50.8 Å². The third kappa shape index (κ3) is 17.6. The number of aromatic nitrogens is 4. The summed E-state index contributed by atoms with van der Waals surface area (Å²) in [7, 11) is 1.70. The molecule has 2 rings (SSSR count). The third-order valence-corrected chi connectivity index (χ3v) is 8.06. The number of nitrogens with two attached hydrogens (primary N) is 1.